The van der Waals surface area contributed by atoms with Crippen molar-refractivity contribution in [1.29, 1.82) is 0 Å². The van der Waals surface area contributed by atoms with Crippen LogP contribution >= 0.6 is 0 Å². The van der Waals surface area contributed by atoms with E-state index in [0.717, 1.165) is 29.9 Å². The highest BCUT2D eigenvalue weighted by molar-refractivity contribution is 5.39. The first-order chi connectivity index (χ1) is 8.65. The van der Waals surface area contributed by atoms with E-state index in [9.17, 15) is 0 Å². The molecule has 2 heterocycles. The summed E-state index contributed by atoms with van der Waals surface area (Å²) < 4.78 is 1.97. The third-order valence-corrected chi connectivity index (χ3v) is 2.97. The summed E-state index contributed by atoms with van der Waals surface area (Å²) in [5, 5.41) is 11.0. The second-order valence-electron chi connectivity index (χ2n) is 4.26. The summed E-state index contributed by atoms with van der Waals surface area (Å²) in [5.41, 5.74) is 11.6. The van der Waals surface area contributed by atoms with Gasteiger partial charge in [-0.3, -0.25) is 21.0 Å². The lowest BCUT2D eigenvalue weighted by Gasteiger charge is -2.15. The molecule has 2 aromatic heterocycles. The van der Waals surface area contributed by atoms with E-state index in [0.29, 0.717) is 5.82 Å². The van der Waals surface area contributed by atoms with Crippen molar-refractivity contribution >= 4 is 5.82 Å². The number of rotatable bonds is 5. The van der Waals surface area contributed by atoms with Crippen LogP contribution in [0.4, 0.5) is 5.82 Å². The van der Waals surface area contributed by atoms with Gasteiger partial charge in [0.05, 0.1) is 17.9 Å². The summed E-state index contributed by atoms with van der Waals surface area (Å²) in [6, 6.07) is 1.98. The first-order valence-electron chi connectivity index (χ1n) is 5.93. The van der Waals surface area contributed by atoms with Crippen molar-refractivity contribution in [2.24, 2.45) is 5.84 Å². The Balaban J connectivity index is 2.23. The Morgan fingerprint density at radius 3 is 2.89 bits per heavy atom. The molecule has 0 amide bonds. The SMILES string of the molecule is CCn1nc(C)cc1CC(NN)c1cn[nH]c1N. The highest BCUT2D eigenvalue weighted by atomic mass is 15.3. The van der Waals surface area contributed by atoms with E-state index < -0.39 is 0 Å². The average Bonchev–Trinajstić information content (AvgIpc) is 2.92. The van der Waals surface area contributed by atoms with Crippen molar-refractivity contribution in [3.8, 4) is 0 Å². The van der Waals surface area contributed by atoms with E-state index in [2.05, 4.69) is 33.7 Å². The van der Waals surface area contributed by atoms with Gasteiger partial charge in [-0.15, -0.1) is 0 Å². The van der Waals surface area contributed by atoms with Crippen molar-refractivity contribution in [3.63, 3.8) is 0 Å². The minimum absolute atomic E-state index is 0.0786. The third kappa shape index (κ3) is 2.36. The molecule has 0 aromatic carbocycles. The molecule has 0 saturated heterocycles. The zero-order chi connectivity index (χ0) is 13.1. The monoisotopic (exact) mass is 249 g/mol. The highest BCUT2D eigenvalue weighted by Crippen LogP contribution is 2.21. The maximum atomic E-state index is 5.81. The fourth-order valence-electron chi connectivity index (χ4n) is 2.09. The molecular weight excluding hydrogens is 230 g/mol. The molecule has 0 radical (unpaired) electrons. The molecule has 0 aliphatic carbocycles. The summed E-state index contributed by atoms with van der Waals surface area (Å²) in [6.45, 7) is 4.88. The molecule has 0 aliphatic rings. The quantitative estimate of drug-likeness (QED) is 0.449. The molecule has 6 N–H and O–H groups in total. The van der Waals surface area contributed by atoms with Gasteiger partial charge < -0.3 is 5.73 Å². The van der Waals surface area contributed by atoms with E-state index in [1.165, 1.54) is 0 Å². The fraction of sp³-hybridized carbons (Fsp3) is 0.455. The molecule has 0 aliphatic heterocycles. The van der Waals surface area contributed by atoms with Gasteiger partial charge in [0.2, 0.25) is 0 Å². The number of H-pyrrole nitrogens is 1. The number of nitrogen functional groups attached to an aromatic ring is 1. The Hall–Kier alpha value is -1.86. The second kappa shape index (κ2) is 5.19. The Morgan fingerprint density at radius 2 is 2.33 bits per heavy atom. The topological polar surface area (TPSA) is 111 Å². The van der Waals surface area contributed by atoms with Gasteiger partial charge in [0.1, 0.15) is 5.82 Å². The van der Waals surface area contributed by atoms with Gasteiger partial charge in [0, 0.05) is 24.2 Å². The summed E-state index contributed by atoms with van der Waals surface area (Å²) in [6.07, 6.45) is 2.41. The van der Waals surface area contributed by atoms with Crippen LogP contribution in [0.2, 0.25) is 0 Å². The molecule has 1 unspecified atom stereocenters. The van der Waals surface area contributed by atoms with Crippen LogP contribution < -0.4 is 17.0 Å². The molecular formula is C11H19N7. The van der Waals surface area contributed by atoms with Crippen molar-refractivity contribution in [1.82, 2.24) is 25.4 Å². The Morgan fingerprint density at radius 1 is 1.56 bits per heavy atom. The van der Waals surface area contributed by atoms with Crippen LogP contribution in [0, 0.1) is 6.92 Å². The summed E-state index contributed by atoms with van der Waals surface area (Å²) in [4.78, 5) is 0. The zero-order valence-corrected chi connectivity index (χ0v) is 10.6. The number of nitrogens with zero attached hydrogens (tertiary/aromatic N) is 3. The smallest absolute Gasteiger partial charge is 0.123 e. The summed E-state index contributed by atoms with van der Waals surface area (Å²) in [5.74, 6) is 6.14. The normalized spacial score (nSPS) is 12.8. The molecule has 2 rings (SSSR count). The molecule has 98 valence electrons. The fourth-order valence-corrected chi connectivity index (χ4v) is 2.09. The largest absolute Gasteiger partial charge is 0.384 e. The summed E-state index contributed by atoms with van der Waals surface area (Å²) >= 11 is 0. The predicted molar refractivity (Wildman–Crippen MR) is 69.4 cm³/mol. The van der Waals surface area contributed by atoms with E-state index in [1.54, 1.807) is 6.20 Å². The second-order valence-corrected chi connectivity index (χ2v) is 4.26. The Kier molecular flexibility index (Phi) is 3.63. The van der Waals surface area contributed by atoms with Crippen LogP contribution in [0.5, 0.6) is 0 Å². The van der Waals surface area contributed by atoms with Crippen LogP contribution in [0.1, 0.15) is 29.9 Å². The van der Waals surface area contributed by atoms with Crippen molar-refractivity contribution in [2.45, 2.75) is 32.9 Å². The van der Waals surface area contributed by atoms with Crippen LogP contribution in [0.25, 0.3) is 0 Å². The molecule has 0 spiro atoms. The molecule has 7 heteroatoms. The molecule has 7 nitrogen and oxygen atoms in total. The Bertz CT molecular complexity index is 513. The van der Waals surface area contributed by atoms with E-state index in [-0.39, 0.29) is 6.04 Å². The van der Waals surface area contributed by atoms with Crippen LogP contribution in [0.15, 0.2) is 12.3 Å². The minimum Gasteiger partial charge on any atom is -0.384 e. The highest BCUT2D eigenvalue weighted by Gasteiger charge is 2.17. The number of anilines is 1. The average molecular weight is 249 g/mol. The molecule has 2 aromatic rings. The molecule has 0 bridgehead atoms. The van der Waals surface area contributed by atoms with Gasteiger partial charge in [0.15, 0.2) is 0 Å². The van der Waals surface area contributed by atoms with Gasteiger partial charge in [-0.05, 0) is 19.9 Å². The number of nitrogens with two attached hydrogens (primary N) is 2. The lowest BCUT2D eigenvalue weighted by Crippen LogP contribution is -2.30. The van der Waals surface area contributed by atoms with Crippen LogP contribution in [0.3, 0.4) is 0 Å². The first-order valence-corrected chi connectivity index (χ1v) is 5.93. The van der Waals surface area contributed by atoms with Gasteiger partial charge in [-0.1, -0.05) is 0 Å². The van der Waals surface area contributed by atoms with E-state index >= 15 is 0 Å². The van der Waals surface area contributed by atoms with Crippen LogP contribution in [-0.2, 0) is 13.0 Å². The van der Waals surface area contributed by atoms with Crippen molar-refractivity contribution in [3.05, 3.63) is 29.2 Å². The lowest BCUT2D eigenvalue weighted by molar-refractivity contribution is 0.518. The standard InChI is InChI=1S/C11H19N7/c1-3-18-8(4-7(2)17-18)5-10(15-13)9-6-14-16-11(9)12/h4,6,10,15H,3,5,13H2,1-2H3,(H3,12,14,16). The number of hydrogen-bond donors (Lipinski definition) is 4. The minimum atomic E-state index is -0.0786. The van der Waals surface area contributed by atoms with Gasteiger partial charge in [-0.2, -0.15) is 10.2 Å². The number of hydrazine groups is 1. The molecule has 0 fully saturated rings. The van der Waals surface area contributed by atoms with Gasteiger partial charge in [-0.25, -0.2) is 0 Å². The maximum Gasteiger partial charge on any atom is 0.123 e. The van der Waals surface area contributed by atoms with Crippen LogP contribution in [-0.4, -0.2) is 20.0 Å². The molecule has 18 heavy (non-hydrogen) atoms. The third-order valence-electron chi connectivity index (χ3n) is 2.97. The number of aromatic nitrogens is 4. The summed E-state index contributed by atoms with van der Waals surface area (Å²) in [7, 11) is 0. The lowest BCUT2D eigenvalue weighted by atomic mass is 10.1. The van der Waals surface area contributed by atoms with E-state index in [1.807, 2.05) is 11.6 Å². The van der Waals surface area contributed by atoms with Gasteiger partial charge in [0.25, 0.3) is 0 Å². The molecule has 1 atom stereocenters. The zero-order valence-electron chi connectivity index (χ0n) is 10.6. The molecule has 0 saturated carbocycles. The first kappa shape index (κ1) is 12.6. The van der Waals surface area contributed by atoms with Crippen molar-refractivity contribution in [2.75, 3.05) is 5.73 Å². The number of hydrogen-bond acceptors (Lipinski definition) is 5. The Labute approximate surface area is 106 Å². The van der Waals surface area contributed by atoms with E-state index in [4.69, 9.17) is 11.6 Å². The maximum absolute atomic E-state index is 5.81. The van der Waals surface area contributed by atoms with Gasteiger partial charge >= 0.3 is 0 Å². The predicted octanol–water partition coefficient (Wildman–Crippen LogP) is 0.264. The number of aromatic amines is 1. The number of nitrogens with one attached hydrogen (secondary N) is 2. The number of aryl methyl sites for hydroxylation is 2. The van der Waals surface area contributed by atoms with Crippen molar-refractivity contribution < 1.29 is 0 Å².